The maximum absolute atomic E-state index is 12.2. The fourth-order valence-electron chi connectivity index (χ4n) is 1.88. The third-order valence-electron chi connectivity index (χ3n) is 2.85. The molecule has 0 saturated carbocycles. The average Bonchev–Trinajstić information content (AvgIpc) is 2.71. The molecule has 0 unspecified atom stereocenters. The van der Waals surface area contributed by atoms with Crippen molar-refractivity contribution in [2.45, 2.75) is 13.8 Å². The number of nitrogens with two attached hydrogens (primary N) is 1. The van der Waals surface area contributed by atoms with E-state index >= 15 is 0 Å². The molecule has 0 fully saturated rings. The van der Waals surface area contributed by atoms with E-state index in [2.05, 4.69) is 4.98 Å². The molecule has 8 heteroatoms. The van der Waals surface area contributed by atoms with Crippen molar-refractivity contribution in [2.24, 2.45) is 12.8 Å². The van der Waals surface area contributed by atoms with Gasteiger partial charge in [-0.25, -0.2) is 9.78 Å². The SMILES string of the molecule is CCOC(=O)c1sc2nc(C(N)=O)n(C)c(=O)c2c1C. The van der Waals surface area contributed by atoms with Crippen LogP contribution in [0.4, 0.5) is 0 Å². The molecule has 0 radical (unpaired) electrons. The molecule has 0 spiro atoms. The first-order chi connectivity index (χ1) is 9.38. The monoisotopic (exact) mass is 295 g/mol. The minimum absolute atomic E-state index is 0.140. The molecule has 0 aliphatic heterocycles. The minimum Gasteiger partial charge on any atom is -0.462 e. The Morgan fingerprint density at radius 1 is 1.45 bits per heavy atom. The van der Waals surface area contributed by atoms with Crippen molar-refractivity contribution < 1.29 is 14.3 Å². The summed E-state index contributed by atoms with van der Waals surface area (Å²) in [5.41, 5.74) is 5.28. The van der Waals surface area contributed by atoms with Crippen LogP contribution in [0.25, 0.3) is 10.2 Å². The van der Waals surface area contributed by atoms with E-state index in [1.54, 1.807) is 13.8 Å². The fraction of sp³-hybridized carbons (Fsp3) is 0.333. The molecule has 0 aliphatic carbocycles. The maximum Gasteiger partial charge on any atom is 0.348 e. The van der Waals surface area contributed by atoms with Gasteiger partial charge in [0, 0.05) is 7.05 Å². The second-order valence-electron chi connectivity index (χ2n) is 4.12. The molecule has 0 aromatic carbocycles. The molecule has 106 valence electrons. The van der Waals surface area contributed by atoms with Gasteiger partial charge in [-0.1, -0.05) is 0 Å². The number of esters is 1. The van der Waals surface area contributed by atoms with Crippen LogP contribution < -0.4 is 11.3 Å². The Bertz CT molecular complexity index is 775. The zero-order valence-corrected chi connectivity index (χ0v) is 12.0. The van der Waals surface area contributed by atoms with Crippen LogP contribution in [0.2, 0.25) is 0 Å². The topological polar surface area (TPSA) is 104 Å². The smallest absolute Gasteiger partial charge is 0.348 e. The summed E-state index contributed by atoms with van der Waals surface area (Å²) in [5, 5.41) is 0.311. The molecule has 7 nitrogen and oxygen atoms in total. The third-order valence-corrected chi connectivity index (χ3v) is 4.02. The lowest BCUT2D eigenvalue weighted by Gasteiger charge is -2.03. The van der Waals surface area contributed by atoms with Gasteiger partial charge in [-0.3, -0.25) is 14.2 Å². The molecule has 0 saturated heterocycles. The van der Waals surface area contributed by atoms with E-state index in [0.29, 0.717) is 20.7 Å². The lowest BCUT2D eigenvalue weighted by molar-refractivity contribution is 0.0531. The molecule has 2 heterocycles. The van der Waals surface area contributed by atoms with Gasteiger partial charge >= 0.3 is 5.97 Å². The van der Waals surface area contributed by atoms with Crippen molar-refractivity contribution in [1.29, 1.82) is 0 Å². The first kappa shape index (κ1) is 14.2. The predicted molar refractivity (Wildman–Crippen MR) is 74.1 cm³/mol. The van der Waals surface area contributed by atoms with Gasteiger partial charge in [0.1, 0.15) is 9.71 Å². The minimum atomic E-state index is -0.796. The Balaban J connectivity index is 2.78. The highest BCUT2D eigenvalue weighted by Gasteiger charge is 2.22. The fourth-order valence-corrected chi connectivity index (χ4v) is 2.94. The first-order valence-electron chi connectivity index (χ1n) is 5.85. The van der Waals surface area contributed by atoms with Crippen molar-refractivity contribution in [3.8, 4) is 0 Å². The number of primary amides is 1. The Labute approximate surface area is 118 Å². The van der Waals surface area contributed by atoms with Crippen LogP contribution in [0.15, 0.2) is 4.79 Å². The number of thiophene rings is 1. The van der Waals surface area contributed by atoms with Gasteiger partial charge in [0.15, 0.2) is 0 Å². The van der Waals surface area contributed by atoms with Crippen LogP contribution in [0.1, 0.15) is 32.8 Å². The standard InChI is InChI=1S/C12H13N3O4S/c1-4-19-12(18)7-5(2)6-10(20-7)14-9(8(13)16)15(3)11(6)17/h4H2,1-3H3,(H2,13,16). The van der Waals surface area contributed by atoms with Crippen molar-refractivity contribution in [3.05, 3.63) is 26.6 Å². The summed E-state index contributed by atoms with van der Waals surface area (Å²) in [7, 11) is 1.41. The number of nitrogens with zero attached hydrogens (tertiary/aromatic N) is 2. The van der Waals surface area contributed by atoms with E-state index in [9.17, 15) is 14.4 Å². The zero-order chi connectivity index (χ0) is 15.0. The van der Waals surface area contributed by atoms with Gasteiger partial charge in [0.05, 0.1) is 12.0 Å². The number of fused-ring (bicyclic) bond motifs is 1. The largest absolute Gasteiger partial charge is 0.462 e. The summed E-state index contributed by atoms with van der Waals surface area (Å²) < 4.78 is 6.01. The molecule has 2 N–H and O–H groups in total. The van der Waals surface area contributed by atoms with Crippen molar-refractivity contribution >= 4 is 33.4 Å². The molecular weight excluding hydrogens is 282 g/mol. The van der Waals surface area contributed by atoms with Crippen molar-refractivity contribution in [3.63, 3.8) is 0 Å². The zero-order valence-electron chi connectivity index (χ0n) is 11.2. The van der Waals surface area contributed by atoms with E-state index in [0.717, 1.165) is 15.9 Å². The number of amides is 1. The number of aromatic nitrogens is 2. The quantitative estimate of drug-likeness (QED) is 0.834. The Morgan fingerprint density at radius 3 is 2.65 bits per heavy atom. The number of rotatable bonds is 3. The van der Waals surface area contributed by atoms with Crippen molar-refractivity contribution in [2.75, 3.05) is 6.61 Å². The molecule has 0 atom stereocenters. The number of ether oxygens (including phenoxy) is 1. The molecule has 0 aliphatic rings. The summed E-state index contributed by atoms with van der Waals surface area (Å²) in [6.45, 7) is 3.59. The second-order valence-corrected chi connectivity index (χ2v) is 5.12. The molecular formula is C12H13N3O4S. The second kappa shape index (κ2) is 5.04. The van der Waals surface area contributed by atoms with E-state index in [1.165, 1.54) is 7.05 Å². The number of hydrogen-bond donors (Lipinski definition) is 1. The van der Waals surface area contributed by atoms with Crippen LogP contribution in [-0.2, 0) is 11.8 Å². The number of carbonyl (C=O) groups excluding carboxylic acids is 2. The Hall–Kier alpha value is -2.22. The molecule has 2 rings (SSSR count). The van der Waals surface area contributed by atoms with Crippen LogP contribution >= 0.6 is 11.3 Å². The van der Waals surface area contributed by atoms with Crippen LogP contribution in [0.5, 0.6) is 0 Å². The lowest BCUT2D eigenvalue weighted by Crippen LogP contribution is -2.28. The van der Waals surface area contributed by atoms with Gasteiger partial charge in [0.2, 0.25) is 5.82 Å². The van der Waals surface area contributed by atoms with Crippen LogP contribution in [0.3, 0.4) is 0 Å². The van der Waals surface area contributed by atoms with Crippen molar-refractivity contribution in [1.82, 2.24) is 9.55 Å². The highest BCUT2D eigenvalue weighted by Crippen LogP contribution is 2.27. The maximum atomic E-state index is 12.2. The van der Waals surface area contributed by atoms with Crippen LogP contribution in [0, 0.1) is 6.92 Å². The number of carbonyl (C=O) groups is 2. The normalized spacial score (nSPS) is 10.8. The Kier molecular flexibility index (Phi) is 3.58. The lowest BCUT2D eigenvalue weighted by atomic mass is 10.2. The molecule has 1 amide bonds. The molecule has 20 heavy (non-hydrogen) atoms. The Morgan fingerprint density at radius 2 is 2.10 bits per heavy atom. The summed E-state index contributed by atoms with van der Waals surface area (Å²) >= 11 is 1.02. The van der Waals surface area contributed by atoms with E-state index in [4.69, 9.17) is 10.5 Å². The number of aryl methyl sites for hydroxylation is 1. The third kappa shape index (κ3) is 2.07. The van der Waals surface area contributed by atoms with Gasteiger partial charge < -0.3 is 10.5 Å². The first-order valence-corrected chi connectivity index (χ1v) is 6.67. The molecule has 0 bridgehead atoms. The predicted octanol–water partition coefficient (Wildman–Crippen LogP) is 0.579. The van der Waals surface area contributed by atoms with E-state index in [-0.39, 0.29) is 12.4 Å². The van der Waals surface area contributed by atoms with E-state index in [1.807, 2.05) is 0 Å². The average molecular weight is 295 g/mol. The summed E-state index contributed by atoms with van der Waals surface area (Å²) in [6, 6.07) is 0. The van der Waals surface area contributed by atoms with E-state index < -0.39 is 17.4 Å². The summed E-state index contributed by atoms with van der Waals surface area (Å²) in [4.78, 5) is 40.0. The van der Waals surface area contributed by atoms with Gasteiger partial charge in [0.25, 0.3) is 11.5 Å². The highest BCUT2D eigenvalue weighted by atomic mass is 32.1. The van der Waals surface area contributed by atoms with Gasteiger partial charge in [-0.2, -0.15) is 0 Å². The number of hydrogen-bond acceptors (Lipinski definition) is 6. The van der Waals surface area contributed by atoms with Crippen LogP contribution in [-0.4, -0.2) is 28.0 Å². The van der Waals surface area contributed by atoms with Gasteiger partial charge in [-0.05, 0) is 19.4 Å². The highest BCUT2D eigenvalue weighted by molar-refractivity contribution is 7.20. The molecule has 2 aromatic heterocycles. The van der Waals surface area contributed by atoms with Gasteiger partial charge in [-0.15, -0.1) is 11.3 Å². The molecule has 2 aromatic rings. The summed E-state index contributed by atoms with van der Waals surface area (Å²) in [5.74, 6) is -1.44. The summed E-state index contributed by atoms with van der Waals surface area (Å²) in [6.07, 6.45) is 0.